The minimum atomic E-state index is -0.384. The van der Waals surface area contributed by atoms with Crippen molar-refractivity contribution in [3.05, 3.63) is 130 Å². The third kappa shape index (κ3) is 5.62. The van der Waals surface area contributed by atoms with Gasteiger partial charge in [0.2, 0.25) is 0 Å². The van der Waals surface area contributed by atoms with Crippen LogP contribution in [0.5, 0.6) is 0 Å². The molecule has 1 atom stereocenters. The topological polar surface area (TPSA) is 0 Å². The molecule has 0 spiro atoms. The van der Waals surface area contributed by atoms with Crippen LogP contribution in [0.15, 0.2) is 97.1 Å². The number of rotatable bonds is 7. The lowest BCUT2D eigenvalue weighted by molar-refractivity contribution is 0.629. The molecular formula is C29H26ClF. The van der Waals surface area contributed by atoms with Gasteiger partial charge in [0, 0.05) is 0 Å². The molecule has 0 amide bonds. The van der Waals surface area contributed by atoms with Crippen LogP contribution in [0, 0.1) is 5.82 Å². The van der Waals surface area contributed by atoms with E-state index in [1.54, 1.807) is 6.07 Å². The Morgan fingerprint density at radius 1 is 0.677 bits per heavy atom. The van der Waals surface area contributed by atoms with Crippen LogP contribution in [0.1, 0.15) is 35.1 Å². The van der Waals surface area contributed by atoms with Crippen LogP contribution in [0.25, 0.3) is 11.1 Å². The second-order valence-electron chi connectivity index (χ2n) is 8.16. The first-order valence-electron chi connectivity index (χ1n) is 10.8. The molecule has 0 aliphatic carbocycles. The fourth-order valence-electron chi connectivity index (χ4n) is 3.92. The summed E-state index contributed by atoms with van der Waals surface area (Å²) < 4.78 is 13.7. The summed E-state index contributed by atoms with van der Waals surface area (Å²) in [6.07, 6.45) is 3.04. The molecule has 0 aliphatic rings. The normalized spacial score (nSPS) is 12.0. The van der Waals surface area contributed by atoms with Gasteiger partial charge in [0.25, 0.3) is 0 Å². The van der Waals surface area contributed by atoms with Crippen molar-refractivity contribution in [3.8, 4) is 11.1 Å². The molecule has 2 heteroatoms. The van der Waals surface area contributed by atoms with Crippen molar-refractivity contribution in [2.45, 2.75) is 32.1 Å². The predicted molar refractivity (Wildman–Crippen MR) is 129 cm³/mol. The summed E-state index contributed by atoms with van der Waals surface area (Å²) in [7, 11) is 0. The van der Waals surface area contributed by atoms with Crippen molar-refractivity contribution in [2.75, 3.05) is 0 Å². The summed E-state index contributed by atoms with van der Waals surface area (Å²) >= 11 is 5.78. The molecule has 0 N–H and O–H groups in total. The van der Waals surface area contributed by atoms with E-state index in [1.807, 2.05) is 18.2 Å². The molecular weight excluding hydrogens is 403 g/mol. The fraction of sp³-hybridized carbons (Fsp3) is 0.172. The Kier molecular flexibility index (Phi) is 6.84. The van der Waals surface area contributed by atoms with Gasteiger partial charge in [-0.25, -0.2) is 4.39 Å². The number of halogens is 2. The summed E-state index contributed by atoms with van der Waals surface area (Å²) in [5, 5.41) is 0.154. The molecule has 4 aromatic rings. The third-order valence-corrected chi connectivity index (χ3v) is 6.15. The van der Waals surface area contributed by atoms with Crippen molar-refractivity contribution < 1.29 is 4.39 Å². The summed E-state index contributed by atoms with van der Waals surface area (Å²) in [4.78, 5) is 0. The van der Waals surface area contributed by atoms with Crippen molar-refractivity contribution in [1.29, 1.82) is 0 Å². The Morgan fingerprint density at radius 3 is 1.84 bits per heavy atom. The van der Waals surface area contributed by atoms with Crippen LogP contribution in [-0.2, 0) is 19.3 Å². The minimum Gasteiger partial charge on any atom is -0.205 e. The maximum atomic E-state index is 13.7. The van der Waals surface area contributed by atoms with Gasteiger partial charge < -0.3 is 0 Å². The van der Waals surface area contributed by atoms with E-state index in [1.165, 1.54) is 28.3 Å². The van der Waals surface area contributed by atoms with E-state index in [9.17, 15) is 4.39 Å². The average molecular weight is 429 g/mol. The highest BCUT2D eigenvalue weighted by molar-refractivity contribution is 6.30. The largest absolute Gasteiger partial charge is 0.205 e. The Labute approximate surface area is 189 Å². The second-order valence-corrected chi connectivity index (χ2v) is 8.57. The lowest BCUT2D eigenvalue weighted by Gasteiger charge is -2.12. The Bertz CT molecular complexity index is 1120. The highest BCUT2D eigenvalue weighted by Crippen LogP contribution is 2.25. The Balaban J connectivity index is 1.33. The van der Waals surface area contributed by atoms with Gasteiger partial charge in [0.15, 0.2) is 0 Å². The lowest BCUT2D eigenvalue weighted by atomic mass is 9.93. The van der Waals surface area contributed by atoms with Crippen LogP contribution >= 0.6 is 11.6 Å². The molecule has 0 saturated carbocycles. The molecule has 0 unspecified atom stereocenters. The summed E-state index contributed by atoms with van der Waals surface area (Å²) in [5.74, 6) is 0.129. The van der Waals surface area contributed by atoms with Gasteiger partial charge >= 0.3 is 0 Å². The summed E-state index contributed by atoms with van der Waals surface area (Å²) in [5.41, 5.74) is 7.22. The fourth-order valence-corrected chi connectivity index (χ4v) is 4.04. The molecule has 4 rings (SSSR count). The van der Waals surface area contributed by atoms with Crippen LogP contribution < -0.4 is 0 Å². The van der Waals surface area contributed by atoms with Crippen LogP contribution in [0.3, 0.4) is 0 Å². The molecule has 0 aromatic heterocycles. The zero-order chi connectivity index (χ0) is 21.6. The second kappa shape index (κ2) is 9.94. The van der Waals surface area contributed by atoms with E-state index in [0.717, 1.165) is 30.4 Å². The smallest absolute Gasteiger partial charge is 0.142 e. The van der Waals surface area contributed by atoms with E-state index in [4.69, 9.17) is 11.6 Å². The van der Waals surface area contributed by atoms with Crippen molar-refractivity contribution >= 4 is 11.6 Å². The van der Waals surface area contributed by atoms with Gasteiger partial charge in [0.05, 0.1) is 5.02 Å². The van der Waals surface area contributed by atoms with E-state index in [0.29, 0.717) is 5.92 Å². The molecule has 0 fully saturated rings. The van der Waals surface area contributed by atoms with Crippen molar-refractivity contribution in [1.82, 2.24) is 0 Å². The van der Waals surface area contributed by atoms with E-state index in [2.05, 4.69) is 73.7 Å². The van der Waals surface area contributed by atoms with Crippen molar-refractivity contribution in [2.24, 2.45) is 0 Å². The first-order valence-corrected chi connectivity index (χ1v) is 11.1. The molecule has 4 aromatic carbocycles. The zero-order valence-electron chi connectivity index (χ0n) is 17.7. The van der Waals surface area contributed by atoms with E-state index < -0.39 is 0 Å². The molecule has 0 radical (unpaired) electrons. The predicted octanol–water partition coefficient (Wildman–Crippen LogP) is 8.28. The maximum Gasteiger partial charge on any atom is 0.142 e. The molecule has 156 valence electrons. The van der Waals surface area contributed by atoms with Gasteiger partial charge in [-0.3, -0.25) is 0 Å². The molecule has 0 nitrogen and oxygen atoms in total. The lowest BCUT2D eigenvalue weighted by Crippen LogP contribution is -1.99. The highest BCUT2D eigenvalue weighted by atomic mass is 35.5. The van der Waals surface area contributed by atoms with Crippen LogP contribution in [0.2, 0.25) is 5.02 Å². The van der Waals surface area contributed by atoms with Gasteiger partial charge in [0.1, 0.15) is 5.82 Å². The Morgan fingerprint density at radius 2 is 1.23 bits per heavy atom. The first-order chi connectivity index (χ1) is 15.1. The Hall–Kier alpha value is -2.90. The third-order valence-electron chi connectivity index (χ3n) is 5.84. The quantitative estimate of drug-likeness (QED) is 0.278. The number of aryl methyl sites for hydroxylation is 2. The molecule has 31 heavy (non-hydrogen) atoms. The summed E-state index contributed by atoms with van der Waals surface area (Å²) in [6, 6.07) is 33.0. The molecule has 0 aliphatic heterocycles. The van der Waals surface area contributed by atoms with Gasteiger partial charge in [-0.05, 0) is 70.7 Å². The molecule has 0 bridgehead atoms. The average Bonchev–Trinajstić information content (AvgIpc) is 2.81. The van der Waals surface area contributed by atoms with Gasteiger partial charge in [-0.15, -0.1) is 0 Å². The maximum absolute atomic E-state index is 13.7. The SMILES string of the molecule is C[C@H](Cc1ccc(CCc2ccc(-c3ccc(Cl)c(F)c3)cc2)cc1)c1ccccc1. The van der Waals surface area contributed by atoms with E-state index >= 15 is 0 Å². The minimum absolute atomic E-state index is 0.154. The first kappa shape index (κ1) is 21.3. The van der Waals surface area contributed by atoms with Crippen molar-refractivity contribution in [3.63, 3.8) is 0 Å². The monoisotopic (exact) mass is 428 g/mol. The zero-order valence-corrected chi connectivity index (χ0v) is 18.4. The van der Waals surface area contributed by atoms with E-state index in [-0.39, 0.29) is 10.8 Å². The van der Waals surface area contributed by atoms with Crippen LogP contribution in [0.4, 0.5) is 4.39 Å². The van der Waals surface area contributed by atoms with Crippen LogP contribution in [-0.4, -0.2) is 0 Å². The number of benzene rings is 4. The summed E-state index contributed by atoms with van der Waals surface area (Å²) in [6.45, 7) is 2.28. The number of hydrogen-bond acceptors (Lipinski definition) is 0. The van der Waals surface area contributed by atoms with Gasteiger partial charge in [-0.2, -0.15) is 0 Å². The molecule has 0 saturated heterocycles. The van der Waals surface area contributed by atoms with Gasteiger partial charge in [-0.1, -0.05) is 103 Å². The standard InChI is InChI=1S/C29H26ClF/c1-21(25-5-3-2-4-6-25)19-24-11-9-22(10-12-24)7-8-23-13-15-26(16-14-23)27-17-18-28(30)29(31)20-27/h2-6,9-18,20-21H,7-8,19H2,1H3/t21-/m1/s1. The highest BCUT2D eigenvalue weighted by Gasteiger charge is 2.07. The number of hydrogen-bond donors (Lipinski definition) is 0. The molecule has 0 heterocycles.